The minimum Gasteiger partial charge on any atom is -0.441 e. The molecule has 2 aromatic heterocycles. The lowest BCUT2D eigenvalue weighted by Crippen LogP contribution is -2.48. The van der Waals surface area contributed by atoms with Gasteiger partial charge < -0.3 is 9.32 Å². The molecule has 5 rings (SSSR count). The van der Waals surface area contributed by atoms with Crippen LogP contribution in [0.5, 0.6) is 0 Å². The SMILES string of the molecule is Cc1ccc(-c2ccccn2)c(C(=O)N2CCC[C@@H](C)[C@H]2CCc2nc3ccc(F)cc3o2)c1. The number of fused-ring (bicyclic) bond motifs is 1. The van der Waals surface area contributed by atoms with E-state index in [0.717, 1.165) is 42.6 Å². The van der Waals surface area contributed by atoms with E-state index in [9.17, 15) is 9.18 Å². The van der Waals surface area contributed by atoms with E-state index in [2.05, 4.69) is 16.9 Å². The summed E-state index contributed by atoms with van der Waals surface area (Å²) in [5.74, 6) is 0.647. The van der Waals surface area contributed by atoms with Crippen molar-refractivity contribution in [3.8, 4) is 11.3 Å². The zero-order chi connectivity index (χ0) is 23.7. The minimum absolute atomic E-state index is 0.0422. The van der Waals surface area contributed by atoms with Gasteiger partial charge in [-0.25, -0.2) is 9.37 Å². The molecule has 1 aliphatic rings. The highest BCUT2D eigenvalue weighted by Gasteiger charge is 2.33. The Hall–Kier alpha value is -3.54. The van der Waals surface area contributed by atoms with Gasteiger partial charge in [-0.15, -0.1) is 0 Å². The third-order valence-electron chi connectivity index (χ3n) is 6.77. The quantitative estimate of drug-likeness (QED) is 0.357. The average Bonchev–Trinajstić information content (AvgIpc) is 3.25. The number of rotatable bonds is 5. The molecule has 2 atom stereocenters. The number of hydrogen-bond acceptors (Lipinski definition) is 4. The number of nitrogens with zero attached hydrogens (tertiary/aromatic N) is 3. The van der Waals surface area contributed by atoms with Crippen LogP contribution in [0.25, 0.3) is 22.4 Å². The fourth-order valence-electron chi connectivity index (χ4n) is 5.00. The highest BCUT2D eigenvalue weighted by molar-refractivity contribution is 6.01. The van der Waals surface area contributed by atoms with Crippen LogP contribution in [0.1, 0.15) is 48.0 Å². The molecule has 1 fully saturated rings. The molecule has 3 heterocycles. The van der Waals surface area contributed by atoms with Crippen molar-refractivity contribution in [2.24, 2.45) is 5.92 Å². The van der Waals surface area contributed by atoms with Crippen molar-refractivity contribution >= 4 is 17.0 Å². The van der Waals surface area contributed by atoms with Crippen molar-refractivity contribution in [1.82, 2.24) is 14.9 Å². The monoisotopic (exact) mass is 457 g/mol. The fraction of sp³-hybridized carbons (Fsp3) is 0.321. The number of hydrogen-bond donors (Lipinski definition) is 0. The molecule has 0 unspecified atom stereocenters. The van der Waals surface area contributed by atoms with E-state index in [-0.39, 0.29) is 17.8 Å². The third kappa shape index (κ3) is 4.45. The van der Waals surface area contributed by atoms with Crippen LogP contribution in [0.2, 0.25) is 0 Å². The summed E-state index contributed by atoms with van der Waals surface area (Å²) >= 11 is 0. The molecule has 0 aliphatic carbocycles. The maximum Gasteiger partial charge on any atom is 0.254 e. The predicted molar refractivity (Wildman–Crippen MR) is 130 cm³/mol. The van der Waals surface area contributed by atoms with E-state index in [1.165, 1.54) is 12.1 Å². The standard InChI is InChI=1S/C28H28FN3O2/c1-18-8-10-21(23-7-3-4-14-30-23)22(16-18)28(33)32-15-5-6-19(2)25(32)12-13-27-31-24-11-9-20(29)17-26(24)34-27/h3-4,7-11,14,16-17,19,25H,5-6,12-13,15H2,1-2H3/t19-,25-/m1/s1. The molecule has 0 saturated carbocycles. The molecule has 5 nitrogen and oxygen atoms in total. The number of likely N-dealkylation sites (tertiary alicyclic amines) is 1. The lowest BCUT2D eigenvalue weighted by molar-refractivity contribution is 0.0497. The van der Waals surface area contributed by atoms with Crippen LogP contribution < -0.4 is 0 Å². The van der Waals surface area contributed by atoms with Gasteiger partial charge in [0.05, 0.1) is 5.69 Å². The van der Waals surface area contributed by atoms with E-state index in [1.54, 1.807) is 12.3 Å². The second-order valence-electron chi connectivity index (χ2n) is 9.21. The number of pyridine rings is 1. The van der Waals surface area contributed by atoms with Crippen molar-refractivity contribution < 1.29 is 13.6 Å². The molecule has 0 radical (unpaired) electrons. The smallest absolute Gasteiger partial charge is 0.254 e. The first-order valence-corrected chi connectivity index (χ1v) is 11.9. The first-order valence-electron chi connectivity index (χ1n) is 11.9. The van der Waals surface area contributed by atoms with Gasteiger partial charge in [-0.2, -0.15) is 0 Å². The highest BCUT2D eigenvalue weighted by Crippen LogP contribution is 2.31. The van der Waals surface area contributed by atoms with Crippen LogP contribution in [0.15, 0.2) is 65.2 Å². The number of amides is 1. The molecule has 1 saturated heterocycles. The Kier molecular flexibility index (Phi) is 6.14. The summed E-state index contributed by atoms with van der Waals surface area (Å²) in [7, 11) is 0. The summed E-state index contributed by atoms with van der Waals surface area (Å²) in [5.41, 5.74) is 4.50. The van der Waals surface area contributed by atoms with Crippen molar-refractivity contribution in [1.29, 1.82) is 0 Å². The number of oxazole rings is 1. The van der Waals surface area contributed by atoms with Gasteiger partial charge in [0.1, 0.15) is 11.3 Å². The normalized spacial score (nSPS) is 18.4. The molecule has 1 amide bonds. The number of carbonyl (C=O) groups is 1. The number of carbonyl (C=O) groups excluding carboxylic acids is 1. The molecule has 34 heavy (non-hydrogen) atoms. The third-order valence-corrected chi connectivity index (χ3v) is 6.77. The summed E-state index contributed by atoms with van der Waals surface area (Å²) < 4.78 is 19.3. The number of halogens is 1. The summed E-state index contributed by atoms with van der Waals surface area (Å²) in [6, 6.07) is 16.2. The van der Waals surface area contributed by atoms with Crippen LogP contribution in [0.3, 0.4) is 0 Å². The molecule has 0 spiro atoms. The molecule has 0 bridgehead atoms. The lowest BCUT2D eigenvalue weighted by Gasteiger charge is -2.40. The number of aromatic nitrogens is 2. The van der Waals surface area contributed by atoms with E-state index in [1.807, 2.05) is 48.2 Å². The average molecular weight is 458 g/mol. The van der Waals surface area contributed by atoms with Gasteiger partial charge in [-0.1, -0.05) is 30.7 Å². The Morgan fingerprint density at radius 3 is 2.88 bits per heavy atom. The van der Waals surface area contributed by atoms with Crippen molar-refractivity contribution in [2.75, 3.05) is 6.54 Å². The van der Waals surface area contributed by atoms with Crippen molar-refractivity contribution in [3.05, 3.63) is 83.6 Å². The van der Waals surface area contributed by atoms with Gasteiger partial charge in [0.2, 0.25) is 0 Å². The second-order valence-corrected chi connectivity index (χ2v) is 9.21. The predicted octanol–water partition coefficient (Wildman–Crippen LogP) is 6.21. The summed E-state index contributed by atoms with van der Waals surface area (Å²) in [6.45, 7) is 4.94. The van der Waals surface area contributed by atoms with Gasteiger partial charge >= 0.3 is 0 Å². The van der Waals surface area contributed by atoms with E-state index < -0.39 is 0 Å². The Bertz CT molecular complexity index is 1320. The Morgan fingerprint density at radius 1 is 1.18 bits per heavy atom. The zero-order valence-corrected chi connectivity index (χ0v) is 19.5. The highest BCUT2D eigenvalue weighted by atomic mass is 19.1. The van der Waals surface area contributed by atoms with Gasteiger partial charge in [0, 0.05) is 42.4 Å². The summed E-state index contributed by atoms with van der Waals surface area (Å²) in [6.07, 6.45) is 5.15. The maximum atomic E-state index is 13.9. The molecule has 4 aromatic rings. The number of piperidine rings is 1. The topological polar surface area (TPSA) is 59.2 Å². The minimum atomic E-state index is -0.338. The van der Waals surface area contributed by atoms with E-state index >= 15 is 0 Å². The van der Waals surface area contributed by atoms with Crippen LogP contribution in [-0.2, 0) is 6.42 Å². The Balaban J connectivity index is 1.41. The van der Waals surface area contributed by atoms with E-state index in [4.69, 9.17) is 4.42 Å². The van der Waals surface area contributed by atoms with Crippen LogP contribution >= 0.6 is 0 Å². The Labute approximate surface area is 198 Å². The molecular formula is C28H28FN3O2. The molecule has 174 valence electrons. The van der Waals surface area contributed by atoms with Gasteiger partial charge in [0.25, 0.3) is 5.91 Å². The molecular weight excluding hydrogens is 429 g/mol. The lowest BCUT2D eigenvalue weighted by atomic mass is 9.86. The fourth-order valence-corrected chi connectivity index (χ4v) is 5.00. The Morgan fingerprint density at radius 2 is 2.06 bits per heavy atom. The molecule has 1 aliphatic heterocycles. The second kappa shape index (κ2) is 9.37. The first-order chi connectivity index (χ1) is 16.5. The van der Waals surface area contributed by atoms with Crippen LogP contribution in [0, 0.1) is 18.7 Å². The summed E-state index contributed by atoms with van der Waals surface area (Å²) in [4.78, 5) is 24.9. The largest absolute Gasteiger partial charge is 0.441 e. The van der Waals surface area contributed by atoms with Gasteiger partial charge in [-0.3, -0.25) is 9.78 Å². The summed E-state index contributed by atoms with van der Waals surface area (Å²) in [5, 5.41) is 0. The van der Waals surface area contributed by atoms with E-state index in [0.29, 0.717) is 34.9 Å². The maximum absolute atomic E-state index is 13.9. The number of benzene rings is 2. The van der Waals surface area contributed by atoms with Crippen LogP contribution in [0.4, 0.5) is 4.39 Å². The van der Waals surface area contributed by atoms with Gasteiger partial charge in [0.15, 0.2) is 11.5 Å². The molecule has 6 heteroatoms. The number of aryl methyl sites for hydroxylation is 2. The first kappa shape index (κ1) is 22.3. The molecule has 2 aromatic carbocycles. The van der Waals surface area contributed by atoms with Crippen molar-refractivity contribution in [2.45, 2.75) is 45.6 Å². The van der Waals surface area contributed by atoms with Crippen LogP contribution in [-0.4, -0.2) is 33.4 Å². The van der Waals surface area contributed by atoms with Gasteiger partial charge in [-0.05, 0) is 62.4 Å². The molecule has 0 N–H and O–H groups in total. The zero-order valence-electron chi connectivity index (χ0n) is 19.5. The van der Waals surface area contributed by atoms with Crippen molar-refractivity contribution in [3.63, 3.8) is 0 Å².